The summed E-state index contributed by atoms with van der Waals surface area (Å²) in [6.07, 6.45) is -3.88. The molecule has 1 N–H and O–H groups in total. The molecule has 0 bridgehead atoms. The number of aromatic nitrogens is 1. The number of aliphatic hydroxyl groups excluding tert-OH is 1. The molecule has 0 saturated carbocycles. The lowest BCUT2D eigenvalue weighted by Gasteiger charge is -2.11. The number of alkyl halides is 3. The minimum atomic E-state index is -4.38. The molecule has 1 heterocycles. The van der Waals surface area contributed by atoms with Crippen molar-refractivity contribution in [3.63, 3.8) is 0 Å². The van der Waals surface area contributed by atoms with Crippen molar-refractivity contribution in [2.75, 3.05) is 0 Å². The monoisotopic (exact) mass is 307 g/mol. The summed E-state index contributed by atoms with van der Waals surface area (Å²) in [6.45, 7) is 0. The zero-order chi connectivity index (χ0) is 14.0. The van der Waals surface area contributed by atoms with Crippen LogP contribution in [0, 0.1) is 0 Å². The summed E-state index contributed by atoms with van der Waals surface area (Å²) in [4.78, 5) is 3.90. The fourth-order valence-electron chi connectivity index (χ4n) is 1.61. The van der Waals surface area contributed by atoms with Gasteiger partial charge in [-0.15, -0.1) is 11.3 Å². The molecule has 1 unspecified atom stereocenters. The molecule has 1 aromatic carbocycles. The van der Waals surface area contributed by atoms with Gasteiger partial charge >= 0.3 is 6.18 Å². The van der Waals surface area contributed by atoms with E-state index in [4.69, 9.17) is 11.6 Å². The number of thiazole rings is 1. The van der Waals surface area contributed by atoms with Crippen molar-refractivity contribution in [2.24, 2.45) is 0 Å². The molecule has 19 heavy (non-hydrogen) atoms. The highest BCUT2D eigenvalue weighted by molar-refractivity contribution is 7.15. The molecule has 0 amide bonds. The summed E-state index contributed by atoms with van der Waals surface area (Å²) in [5.41, 5.74) is -0.331. The summed E-state index contributed by atoms with van der Waals surface area (Å²) >= 11 is 6.80. The highest BCUT2D eigenvalue weighted by Gasteiger charge is 2.30. The maximum Gasteiger partial charge on any atom is 0.416 e. The van der Waals surface area contributed by atoms with Crippen LogP contribution in [0.4, 0.5) is 13.2 Å². The number of halogens is 4. The van der Waals surface area contributed by atoms with Crippen LogP contribution in [0.25, 0.3) is 0 Å². The third kappa shape index (κ3) is 3.68. The van der Waals surface area contributed by atoms with E-state index in [9.17, 15) is 18.3 Å². The lowest BCUT2D eigenvalue weighted by molar-refractivity contribution is -0.137. The third-order valence-electron chi connectivity index (χ3n) is 2.46. The van der Waals surface area contributed by atoms with Crippen molar-refractivity contribution < 1.29 is 18.3 Å². The SMILES string of the molecule is OC(Cc1cccc(C(F)(F)F)c1)c1ncc(Cl)s1. The highest BCUT2D eigenvalue weighted by atomic mass is 35.5. The van der Waals surface area contributed by atoms with Gasteiger partial charge in [-0.05, 0) is 11.6 Å². The van der Waals surface area contributed by atoms with E-state index >= 15 is 0 Å². The van der Waals surface area contributed by atoms with Gasteiger partial charge in [0.15, 0.2) is 0 Å². The number of hydrogen-bond acceptors (Lipinski definition) is 3. The fraction of sp³-hybridized carbons (Fsp3) is 0.250. The molecule has 0 aliphatic carbocycles. The Hall–Kier alpha value is -1.11. The van der Waals surface area contributed by atoms with Crippen LogP contribution < -0.4 is 0 Å². The molecule has 1 aromatic heterocycles. The molecular formula is C12H9ClF3NOS. The lowest BCUT2D eigenvalue weighted by Crippen LogP contribution is -2.07. The van der Waals surface area contributed by atoms with E-state index in [1.165, 1.54) is 18.3 Å². The van der Waals surface area contributed by atoms with Gasteiger partial charge < -0.3 is 5.11 Å². The molecule has 0 saturated heterocycles. The number of rotatable bonds is 3. The molecule has 2 rings (SSSR count). The van der Waals surface area contributed by atoms with Crippen molar-refractivity contribution in [1.82, 2.24) is 4.98 Å². The predicted molar refractivity (Wildman–Crippen MR) is 67.2 cm³/mol. The van der Waals surface area contributed by atoms with Crippen LogP contribution in [0.1, 0.15) is 22.2 Å². The first-order chi connectivity index (χ1) is 8.86. The van der Waals surface area contributed by atoms with E-state index in [2.05, 4.69) is 4.98 Å². The summed E-state index contributed by atoms with van der Waals surface area (Å²) in [6, 6.07) is 4.88. The Morgan fingerprint density at radius 2 is 2.11 bits per heavy atom. The first-order valence-electron chi connectivity index (χ1n) is 5.31. The Labute approximate surface area is 116 Å². The average Bonchev–Trinajstić information content (AvgIpc) is 2.75. The van der Waals surface area contributed by atoms with Crippen LogP contribution in [-0.2, 0) is 12.6 Å². The quantitative estimate of drug-likeness (QED) is 0.926. The van der Waals surface area contributed by atoms with E-state index in [-0.39, 0.29) is 6.42 Å². The van der Waals surface area contributed by atoms with Crippen molar-refractivity contribution in [3.05, 3.63) is 50.9 Å². The fourth-order valence-corrected chi connectivity index (χ4v) is 2.52. The van der Waals surface area contributed by atoms with Gasteiger partial charge in [0.2, 0.25) is 0 Å². The van der Waals surface area contributed by atoms with Gasteiger partial charge in [-0.25, -0.2) is 4.98 Å². The number of nitrogens with zero attached hydrogens (tertiary/aromatic N) is 1. The smallest absolute Gasteiger partial charge is 0.386 e. The lowest BCUT2D eigenvalue weighted by atomic mass is 10.0. The first kappa shape index (κ1) is 14.3. The minimum absolute atomic E-state index is 0.0633. The Bertz CT molecular complexity index is 570. The number of hydrogen-bond donors (Lipinski definition) is 1. The normalized spacial score (nSPS) is 13.5. The first-order valence-corrected chi connectivity index (χ1v) is 6.51. The average molecular weight is 308 g/mol. The molecular weight excluding hydrogens is 299 g/mol. The van der Waals surface area contributed by atoms with Crippen molar-refractivity contribution in [3.8, 4) is 0 Å². The van der Waals surface area contributed by atoms with Crippen molar-refractivity contribution >= 4 is 22.9 Å². The van der Waals surface area contributed by atoms with Crippen LogP contribution in [0.5, 0.6) is 0 Å². The molecule has 7 heteroatoms. The molecule has 0 aliphatic heterocycles. The molecule has 1 atom stereocenters. The van der Waals surface area contributed by atoms with E-state index < -0.39 is 17.8 Å². The van der Waals surface area contributed by atoms with Crippen LogP contribution in [0.15, 0.2) is 30.5 Å². The molecule has 0 aliphatic rings. The maximum absolute atomic E-state index is 12.5. The Balaban J connectivity index is 2.15. The van der Waals surface area contributed by atoms with E-state index in [1.807, 2.05) is 0 Å². The molecule has 2 nitrogen and oxygen atoms in total. The van der Waals surface area contributed by atoms with E-state index in [0.29, 0.717) is 14.9 Å². The van der Waals surface area contributed by atoms with Gasteiger partial charge in [-0.1, -0.05) is 29.8 Å². The number of aliphatic hydroxyl groups is 1. The number of benzene rings is 1. The van der Waals surface area contributed by atoms with Gasteiger partial charge in [0.1, 0.15) is 15.4 Å². The Kier molecular flexibility index (Phi) is 4.13. The second-order valence-corrected chi connectivity index (χ2v) is 5.61. The zero-order valence-corrected chi connectivity index (χ0v) is 11.1. The van der Waals surface area contributed by atoms with Crippen LogP contribution in [0.3, 0.4) is 0 Å². The zero-order valence-electron chi connectivity index (χ0n) is 9.49. The van der Waals surface area contributed by atoms with Crippen molar-refractivity contribution in [1.29, 1.82) is 0 Å². The van der Waals surface area contributed by atoms with E-state index in [0.717, 1.165) is 23.5 Å². The molecule has 0 fully saturated rings. The van der Waals surface area contributed by atoms with Crippen LogP contribution in [0.2, 0.25) is 4.34 Å². The molecule has 0 spiro atoms. The van der Waals surface area contributed by atoms with Gasteiger partial charge in [-0.3, -0.25) is 0 Å². The summed E-state index contributed by atoms with van der Waals surface area (Å²) < 4.78 is 38.1. The second-order valence-electron chi connectivity index (χ2n) is 3.92. The second kappa shape index (κ2) is 5.48. The largest absolute Gasteiger partial charge is 0.416 e. The molecule has 102 valence electrons. The topological polar surface area (TPSA) is 33.1 Å². The third-order valence-corrected chi connectivity index (χ3v) is 3.68. The van der Waals surface area contributed by atoms with Crippen molar-refractivity contribution in [2.45, 2.75) is 18.7 Å². The van der Waals surface area contributed by atoms with Crippen LogP contribution >= 0.6 is 22.9 Å². The Morgan fingerprint density at radius 1 is 1.37 bits per heavy atom. The predicted octanol–water partition coefficient (Wildman–Crippen LogP) is 4.09. The standard InChI is InChI=1S/C12H9ClF3NOS/c13-10-6-17-11(19-10)9(18)5-7-2-1-3-8(4-7)12(14,15)16/h1-4,6,9,18H,5H2. The van der Waals surface area contributed by atoms with Crippen LogP contribution in [-0.4, -0.2) is 10.1 Å². The van der Waals surface area contributed by atoms with Gasteiger partial charge in [0, 0.05) is 6.42 Å². The summed E-state index contributed by atoms with van der Waals surface area (Å²) in [5.74, 6) is 0. The minimum Gasteiger partial charge on any atom is -0.386 e. The van der Waals surface area contributed by atoms with Gasteiger partial charge in [0.25, 0.3) is 0 Å². The molecule has 2 aromatic rings. The highest BCUT2D eigenvalue weighted by Crippen LogP contribution is 2.31. The molecule has 0 radical (unpaired) electrons. The summed E-state index contributed by atoms with van der Waals surface area (Å²) in [7, 11) is 0. The summed E-state index contributed by atoms with van der Waals surface area (Å²) in [5, 5.41) is 10.3. The van der Waals surface area contributed by atoms with Gasteiger partial charge in [-0.2, -0.15) is 13.2 Å². The Morgan fingerprint density at radius 3 is 2.68 bits per heavy atom. The maximum atomic E-state index is 12.5. The van der Waals surface area contributed by atoms with Gasteiger partial charge in [0.05, 0.1) is 11.8 Å². The van der Waals surface area contributed by atoms with E-state index in [1.54, 1.807) is 0 Å².